The molecule has 3 rings (SSSR count). The number of hydrogen-bond donors (Lipinski definition) is 1. The monoisotopic (exact) mass is 378 g/mol. The highest BCUT2D eigenvalue weighted by Gasteiger charge is 2.21. The third kappa shape index (κ3) is 3.33. The van der Waals surface area contributed by atoms with Crippen LogP contribution in [0.2, 0.25) is 0 Å². The number of nitrogens with one attached hydrogen (secondary N) is 1. The summed E-state index contributed by atoms with van der Waals surface area (Å²) in [6.07, 6.45) is 0. The predicted octanol–water partition coefficient (Wildman–Crippen LogP) is 2.65. The third-order valence-electron chi connectivity index (χ3n) is 4.01. The Labute approximate surface area is 149 Å². The van der Waals surface area contributed by atoms with E-state index in [4.69, 9.17) is 4.74 Å². The molecule has 2 aromatic carbocycles. The Balaban J connectivity index is 1.95. The number of fused-ring (bicyclic) bond motifs is 1. The maximum atomic E-state index is 12.7. The number of thiazole rings is 1. The number of nitrogens with zero attached hydrogens (tertiary/aromatic N) is 1. The molecule has 0 aliphatic heterocycles. The van der Waals surface area contributed by atoms with Crippen LogP contribution in [-0.4, -0.2) is 20.1 Å². The van der Waals surface area contributed by atoms with Crippen LogP contribution in [-0.2, 0) is 17.1 Å². The summed E-state index contributed by atoms with van der Waals surface area (Å²) in [5.74, 6) is 0.620. The molecule has 0 aliphatic carbocycles. The van der Waals surface area contributed by atoms with Crippen LogP contribution < -0.4 is 14.3 Å². The number of benzene rings is 2. The largest absolute Gasteiger partial charge is 0.496 e. The highest BCUT2D eigenvalue weighted by molar-refractivity contribution is 7.89. The molecule has 8 heteroatoms. The molecule has 0 bridgehead atoms. The minimum atomic E-state index is -3.74. The van der Waals surface area contributed by atoms with E-state index in [-0.39, 0.29) is 9.77 Å². The van der Waals surface area contributed by atoms with Gasteiger partial charge in [-0.05, 0) is 31.2 Å². The average molecular weight is 378 g/mol. The fourth-order valence-electron chi connectivity index (χ4n) is 2.67. The fourth-order valence-corrected chi connectivity index (χ4v) is 4.91. The molecule has 3 aromatic rings. The second-order valence-electron chi connectivity index (χ2n) is 5.64. The molecule has 25 heavy (non-hydrogen) atoms. The van der Waals surface area contributed by atoms with E-state index >= 15 is 0 Å². The van der Waals surface area contributed by atoms with Crippen molar-refractivity contribution in [3.8, 4) is 5.75 Å². The molecule has 0 saturated heterocycles. The molecule has 132 valence electrons. The number of aryl methyl sites for hydroxylation is 1. The van der Waals surface area contributed by atoms with E-state index < -0.39 is 16.1 Å². The van der Waals surface area contributed by atoms with E-state index in [9.17, 15) is 13.2 Å². The molecule has 0 amide bonds. The van der Waals surface area contributed by atoms with Gasteiger partial charge in [0.05, 0.1) is 22.2 Å². The molecule has 1 atom stereocenters. The first-order chi connectivity index (χ1) is 11.8. The molecule has 0 saturated carbocycles. The molecule has 0 radical (unpaired) electrons. The third-order valence-corrected chi connectivity index (χ3v) is 6.55. The number of para-hydroxylation sites is 1. The zero-order chi connectivity index (χ0) is 18.2. The van der Waals surface area contributed by atoms with Crippen LogP contribution in [0.25, 0.3) is 10.2 Å². The zero-order valence-corrected chi connectivity index (χ0v) is 15.6. The Bertz CT molecular complexity index is 1080. The number of sulfonamides is 1. The minimum Gasteiger partial charge on any atom is -0.496 e. The zero-order valence-electron chi connectivity index (χ0n) is 14.0. The molecule has 0 spiro atoms. The average Bonchev–Trinajstić information content (AvgIpc) is 2.88. The number of methoxy groups -OCH3 is 1. The van der Waals surface area contributed by atoms with E-state index in [2.05, 4.69) is 4.72 Å². The fraction of sp³-hybridized carbons (Fsp3) is 0.235. The lowest BCUT2D eigenvalue weighted by atomic mass is 10.1. The quantitative estimate of drug-likeness (QED) is 0.740. The molecule has 1 aromatic heterocycles. The molecule has 0 unspecified atom stereocenters. The van der Waals surface area contributed by atoms with E-state index in [0.29, 0.717) is 16.0 Å². The van der Waals surface area contributed by atoms with Crippen LogP contribution in [0.1, 0.15) is 18.5 Å². The molecular formula is C17H18N2O4S2. The first-order valence-corrected chi connectivity index (χ1v) is 9.88. The van der Waals surface area contributed by atoms with Gasteiger partial charge in [-0.15, -0.1) is 0 Å². The van der Waals surface area contributed by atoms with E-state index in [0.717, 1.165) is 16.9 Å². The Kier molecular flexibility index (Phi) is 4.68. The van der Waals surface area contributed by atoms with Gasteiger partial charge in [-0.25, -0.2) is 13.1 Å². The smallest absolute Gasteiger partial charge is 0.307 e. The summed E-state index contributed by atoms with van der Waals surface area (Å²) in [5.41, 5.74) is 1.46. The first kappa shape index (κ1) is 17.7. The van der Waals surface area contributed by atoms with Crippen molar-refractivity contribution >= 4 is 31.6 Å². The summed E-state index contributed by atoms with van der Waals surface area (Å²) in [6.45, 7) is 1.76. The first-order valence-electron chi connectivity index (χ1n) is 7.58. The SMILES string of the molecule is COc1ccccc1[C@H](C)NS(=O)(=O)c1ccc2c(c1)sc(=O)n2C. The van der Waals surface area contributed by atoms with Crippen molar-refractivity contribution in [3.63, 3.8) is 0 Å². The Morgan fingerprint density at radius 3 is 2.64 bits per heavy atom. The second-order valence-corrected chi connectivity index (χ2v) is 8.35. The molecule has 0 fully saturated rings. The number of hydrogen-bond acceptors (Lipinski definition) is 5. The van der Waals surface area contributed by atoms with Gasteiger partial charge in [0.25, 0.3) is 0 Å². The number of rotatable bonds is 5. The van der Waals surface area contributed by atoms with Crippen molar-refractivity contribution in [2.75, 3.05) is 7.11 Å². The van der Waals surface area contributed by atoms with Crippen molar-refractivity contribution in [3.05, 3.63) is 57.7 Å². The maximum absolute atomic E-state index is 12.7. The molecule has 0 aliphatic rings. The van der Waals surface area contributed by atoms with Crippen LogP contribution in [0.4, 0.5) is 0 Å². The summed E-state index contributed by atoms with van der Waals surface area (Å²) in [6, 6.07) is 11.5. The molecular weight excluding hydrogens is 360 g/mol. The lowest BCUT2D eigenvalue weighted by Gasteiger charge is -2.17. The van der Waals surface area contributed by atoms with Gasteiger partial charge in [0, 0.05) is 18.7 Å². The van der Waals surface area contributed by atoms with Gasteiger partial charge >= 0.3 is 4.87 Å². The van der Waals surface area contributed by atoms with Crippen molar-refractivity contribution in [2.45, 2.75) is 17.9 Å². The van der Waals surface area contributed by atoms with Gasteiger partial charge in [0.2, 0.25) is 10.0 Å². The molecule has 1 heterocycles. The van der Waals surface area contributed by atoms with Gasteiger partial charge in [-0.1, -0.05) is 29.5 Å². The van der Waals surface area contributed by atoms with Gasteiger partial charge in [0.1, 0.15) is 5.75 Å². The standard InChI is InChI=1S/C17H18N2O4S2/c1-11(13-6-4-5-7-15(13)23-3)18-25(21,22)12-8-9-14-16(10-12)24-17(20)19(14)2/h4-11,18H,1-3H3/t11-/m0/s1. The van der Waals surface area contributed by atoms with Crippen molar-refractivity contribution in [1.29, 1.82) is 0 Å². The summed E-state index contributed by atoms with van der Waals surface area (Å²) in [4.78, 5) is 11.7. The van der Waals surface area contributed by atoms with Crippen molar-refractivity contribution < 1.29 is 13.2 Å². The van der Waals surface area contributed by atoms with Crippen LogP contribution in [0.3, 0.4) is 0 Å². The van der Waals surface area contributed by atoms with Crippen molar-refractivity contribution in [2.24, 2.45) is 7.05 Å². The van der Waals surface area contributed by atoms with Gasteiger partial charge in [-0.2, -0.15) is 0 Å². The van der Waals surface area contributed by atoms with Gasteiger partial charge < -0.3 is 9.30 Å². The summed E-state index contributed by atoms with van der Waals surface area (Å²) >= 11 is 1.03. The normalized spacial score (nSPS) is 13.1. The van der Waals surface area contributed by atoms with E-state index in [1.54, 1.807) is 33.2 Å². The highest BCUT2D eigenvalue weighted by Crippen LogP contribution is 2.27. The number of ether oxygens (including phenoxy) is 1. The van der Waals surface area contributed by atoms with Crippen LogP contribution in [0.15, 0.2) is 52.2 Å². The summed E-state index contributed by atoms with van der Waals surface area (Å²) in [5, 5.41) is 0. The molecule has 1 N–H and O–H groups in total. The Morgan fingerprint density at radius 1 is 1.20 bits per heavy atom. The summed E-state index contributed by atoms with van der Waals surface area (Å²) in [7, 11) is -0.527. The van der Waals surface area contributed by atoms with E-state index in [1.165, 1.54) is 16.7 Å². The minimum absolute atomic E-state index is 0.125. The second kappa shape index (κ2) is 6.62. The molecule has 6 nitrogen and oxygen atoms in total. The predicted molar refractivity (Wildman–Crippen MR) is 98.8 cm³/mol. The lowest BCUT2D eigenvalue weighted by molar-refractivity contribution is 0.405. The van der Waals surface area contributed by atoms with Crippen molar-refractivity contribution in [1.82, 2.24) is 9.29 Å². The van der Waals surface area contributed by atoms with E-state index in [1.807, 2.05) is 18.2 Å². The summed E-state index contributed by atoms with van der Waals surface area (Å²) < 4.78 is 35.5. The Hall–Kier alpha value is -2.16. The van der Waals surface area contributed by atoms with Gasteiger partial charge in [-0.3, -0.25) is 4.79 Å². The lowest BCUT2D eigenvalue weighted by Crippen LogP contribution is -2.27. The van der Waals surface area contributed by atoms with Crippen LogP contribution in [0, 0.1) is 0 Å². The topological polar surface area (TPSA) is 77.4 Å². The van der Waals surface area contributed by atoms with Crippen LogP contribution in [0.5, 0.6) is 5.75 Å². The van der Waals surface area contributed by atoms with Crippen LogP contribution >= 0.6 is 11.3 Å². The number of aromatic nitrogens is 1. The Morgan fingerprint density at radius 2 is 1.92 bits per heavy atom. The maximum Gasteiger partial charge on any atom is 0.307 e. The van der Waals surface area contributed by atoms with Gasteiger partial charge in [0.15, 0.2) is 0 Å². The highest BCUT2D eigenvalue weighted by atomic mass is 32.2.